The van der Waals surface area contributed by atoms with E-state index in [0.717, 1.165) is 6.54 Å². The standard InChI is InChI=1S/C13H22BrN5O2/c1-13(2,12(15)21)8-16-9-7-17-19(6-5-18(3)4)11(20)10(9)14/h7,16H,5-6,8H2,1-4H3,(H2,15,21). The lowest BCUT2D eigenvalue weighted by Crippen LogP contribution is -2.38. The summed E-state index contributed by atoms with van der Waals surface area (Å²) in [6, 6.07) is 0. The summed E-state index contributed by atoms with van der Waals surface area (Å²) in [5.41, 5.74) is 4.95. The van der Waals surface area contributed by atoms with Crippen LogP contribution in [0.5, 0.6) is 0 Å². The molecule has 0 saturated carbocycles. The molecule has 0 saturated heterocycles. The summed E-state index contributed by atoms with van der Waals surface area (Å²) >= 11 is 3.28. The highest BCUT2D eigenvalue weighted by Crippen LogP contribution is 2.20. The largest absolute Gasteiger partial charge is 0.382 e. The number of hydrogen-bond acceptors (Lipinski definition) is 5. The Bertz CT molecular complexity index is 568. The molecule has 1 aromatic heterocycles. The Morgan fingerprint density at radius 1 is 1.52 bits per heavy atom. The van der Waals surface area contributed by atoms with Crippen molar-refractivity contribution < 1.29 is 4.79 Å². The molecule has 1 heterocycles. The number of halogens is 1. The lowest BCUT2D eigenvalue weighted by atomic mass is 9.93. The van der Waals surface area contributed by atoms with Gasteiger partial charge in [-0.1, -0.05) is 0 Å². The van der Waals surface area contributed by atoms with Crippen molar-refractivity contribution in [3.63, 3.8) is 0 Å². The summed E-state index contributed by atoms with van der Waals surface area (Å²) < 4.78 is 1.80. The molecule has 0 aliphatic carbocycles. The van der Waals surface area contributed by atoms with Crippen LogP contribution in [-0.2, 0) is 11.3 Å². The summed E-state index contributed by atoms with van der Waals surface area (Å²) in [4.78, 5) is 25.4. The number of aromatic nitrogens is 2. The summed E-state index contributed by atoms with van der Waals surface area (Å²) in [5.74, 6) is -0.404. The molecule has 0 unspecified atom stereocenters. The topological polar surface area (TPSA) is 93.2 Å². The Balaban J connectivity index is 2.85. The molecule has 1 amide bonds. The van der Waals surface area contributed by atoms with Gasteiger partial charge >= 0.3 is 0 Å². The number of nitrogens with two attached hydrogens (primary N) is 1. The van der Waals surface area contributed by atoms with Crippen LogP contribution >= 0.6 is 15.9 Å². The van der Waals surface area contributed by atoms with Gasteiger partial charge in [-0.05, 0) is 43.9 Å². The minimum atomic E-state index is -0.709. The zero-order chi connectivity index (χ0) is 16.2. The maximum atomic E-state index is 12.2. The Morgan fingerprint density at radius 3 is 2.67 bits per heavy atom. The van der Waals surface area contributed by atoms with Gasteiger partial charge in [0.2, 0.25) is 5.91 Å². The van der Waals surface area contributed by atoms with Gasteiger partial charge in [-0.25, -0.2) is 4.68 Å². The van der Waals surface area contributed by atoms with Gasteiger partial charge in [0.25, 0.3) is 5.56 Å². The molecule has 0 aliphatic heterocycles. The molecule has 7 nitrogen and oxygen atoms in total. The Hall–Kier alpha value is -1.41. The number of likely N-dealkylation sites (N-methyl/N-ethyl adjacent to an activating group) is 1. The second-order valence-corrected chi connectivity index (χ2v) is 6.60. The molecular weight excluding hydrogens is 338 g/mol. The highest BCUT2D eigenvalue weighted by atomic mass is 79.9. The van der Waals surface area contributed by atoms with E-state index in [4.69, 9.17) is 5.73 Å². The fourth-order valence-electron chi connectivity index (χ4n) is 1.45. The fourth-order valence-corrected chi connectivity index (χ4v) is 1.89. The zero-order valence-electron chi connectivity index (χ0n) is 12.8. The van der Waals surface area contributed by atoms with Gasteiger partial charge in [0.15, 0.2) is 0 Å². The SMILES string of the molecule is CN(C)CCn1ncc(NCC(C)(C)C(N)=O)c(Br)c1=O. The third kappa shape index (κ3) is 4.82. The van der Waals surface area contributed by atoms with Crippen LogP contribution in [-0.4, -0.2) is 47.8 Å². The molecule has 1 rings (SSSR count). The van der Waals surface area contributed by atoms with E-state index < -0.39 is 11.3 Å². The van der Waals surface area contributed by atoms with Crippen molar-refractivity contribution in [2.45, 2.75) is 20.4 Å². The predicted molar refractivity (Wildman–Crippen MR) is 86.2 cm³/mol. The normalized spacial score (nSPS) is 11.7. The van der Waals surface area contributed by atoms with Crippen LogP contribution in [0.4, 0.5) is 5.69 Å². The molecule has 1 aromatic rings. The molecular formula is C13H22BrN5O2. The summed E-state index contributed by atoms with van der Waals surface area (Å²) in [5, 5.41) is 7.16. The molecule has 0 fully saturated rings. The Labute approximate surface area is 132 Å². The van der Waals surface area contributed by atoms with E-state index in [1.54, 1.807) is 20.0 Å². The number of nitrogens with one attached hydrogen (secondary N) is 1. The van der Waals surface area contributed by atoms with Crippen molar-refractivity contribution in [2.75, 3.05) is 32.5 Å². The van der Waals surface area contributed by atoms with E-state index in [1.165, 1.54) is 4.68 Å². The van der Waals surface area contributed by atoms with Crippen LogP contribution in [0.1, 0.15) is 13.8 Å². The van der Waals surface area contributed by atoms with Crippen molar-refractivity contribution in [1.29, 1.82) is 0 Å². The lowest BCUT2D eigenvalue weighted by molar-refractivity contribution is -0.125. The average Bonchev–Trinajstić information content (AvgIpc) is 2.39. The second kappa shape index (κ2) is 7.04. The van der Waals surface area contributed by atoms with Gasteiger partial charge in [-0.15, -0.1) is 0 Å². The molecule has 21 heavy (non-hydrogen) atoms. The number of hydrogen-bond donors (Lipinski definition) is 2. The van der Waals surface area contributed by atoms with Crippen LogP contribution < -0.4 is 16.6 Å². The molecule has 0 spiro atoms. The van der Waals surface area contributed by atoms with Crippen molar-refractivity contribution >= 4 is 27.5 Å². The average molecular weight is 360 g/mol. The highest BCUT2D eigenvalue weighted by molar-refractivity contribution is 9.10. The van der Waals surface area contributed by atoms with Crippen LogP contribution in [0.3, 0.4) is 0 Å². The van der Waals surface area contributed by atoms with Gasteiger partial charge in [0, 0.05) is 13.1 Å². The molecule has 118 valence electrons. The number of carbonyl (C=O) groups excluding carboxylic acids is 1. The summed E-state index contributed by atoms with van der Waals surface area (Å²) in [6.45, 7) is 5.03. The molecule has 0 bridgehead atoms. The number of carbonyl (C=O) groups is 1. The summed E-state index contributed by atoms with van der Waals surface area (Å²) in [6.07, 6.45) is 1.57. The molecule has 0 radical (unpaired) electrons. The van der Waals surface area contributed by atoms with E-state index in [0.29, 0.717) is 23.2 Å². The minimum absolute atomic E-state index is 0.210. The first kappa shape index (κ1) is 17.6. The minimum Gasteiger partial charge on any atom is -0.382 e. The monoisotopic (exact) mass is 359 g/mol. The van der Waals surface area contributed by atoms with Crippen molar-refractivity contribution in [2.24, 2.45) is 11.1 Å². The maximum absolute atomic E-state index is 12.2. The van der Waals surface area contributed by atoms with Crippen LogP contribution in [0.15, 0.2) is 15.5 Å². The van der Waals surface area contributed by atoms with Crippen molar-refractivity contribution in [1.82, 2.24) is 14.7 Å². The van der Waals surface area contributed by atoms with E-state index in [1.807, 2.05) is 19.0 Å². The zero-order valence-corrected chi connectivity index (χ0v) is 14.4. The van der Waals surface area contributed by atoms with E-state index >= 15 is 0 Å². The van der Waals surface area contributed by atoms with Crippen molar-refractivity contribution in [3.05, 3.63) is 21.0 Å². The third-order valence-electron chi connectivity index (χ3n) is 3.13. The fraction of sp³-hybridized carbons (Fsp3) is 0.615. The molecule has 0 aromatic carbocycles. The first-order valence-corrected chi connectivity index (χ1v) is 7.38. The number of rotatable bonds is 7. The Kier molecular flexibility index (Phi) is 5.91. The van der Waals surface area contributed by atoms with Gasteiger partial charge in [0.1, 0.15) is 4.47 Å². The molecule has 3 N–H and O–H groups in total. The molecule has 8 heteroatoms. The lowest BCUT2D eigenvalue weighted by Gasteiger charge is -2.21. The number of amides is 1. The predicted octanol–water partition coefficient (Wildman–Crippen LogP) is 0.491. The van der Waals surface area contributed by atoms with E-state index in [9.17, 15) is 9.59 Å². The van der Waals surface area contributed by atoms with Crippen LogP contribution in [0, 0.1) is 5.41 Å². The van der Waals surface area contributed by atoms with Gasteiger partial charge in [-0.2, -0.15) is 5.10 Å². The smallest absolute Gasteiger partial charge is 0.283 e. The quantitative estimate of drug-likeness (QED) is 0.738. The third-order valence-corrected chi connectivity index (χ3v) is 3.90. The Morgan fingerprint density at radius 2 is 2.14 bits per heavy atom. The van der Waals surface area contributed by atoms with Gasteiger partial charge in [-0.3, -0.25) is 9.59 Å². The number of primary amides is 1. The van der Waals surface area contributed by atoms with Gasteiger partial charge < -0.3 is 16.0 Å². The number of anilines is 1. The summed E-state index contributed by atoms with van der Waals surface area (Å²) in [7, 11) is 3.86. The van der Waals surface area contributed by atoms with Crippen molar-refractivity contribution in [3.8, 4) is 0 Å². The van der Waals surface area contributed by atoms with E-state index in [-0.39, 0.29) is 5.56 Å². The molecule has 0 aliphatic rings. The van der Waals surface area contributed by atoms with Crippen LogP contribution in [0.25, 0.3) is 0 Å². The molecule has 0 atom stereocenters. The van der Waals surface area contributed by atoms with Gasteiger partial charge in [0.05, 0.1) is 23.8 Å². The van der Waals surface area contributed by atoms with Crippen LogP contribution in [0.2, 0.25) is 0 Å². The second-order valence-electron chi connectivity index (χ2n) is 5.81. The van der Waals surface area contributed by atoms with E-state index in [2.05, 4.69) is 26.3 Å². The first-order valence-electron chi connectivity index (χ1n) is 6.59. The maximum Gasteiger partial charge on any atom is 0.283 e. The number of nitrogens with zero attached hydrogens (tertiary/aromatic N) is 3. The highest BCUT2D eigenvalue weighted by Gasteiger charge is 2.25. The first-order chi connectivity index (χ1) is 9.65.